The van der Waals surface area contributed by atoms with Crippen molar-refractivity contribution < 1.29 is 23.2 Å². The van der Waals surface area contributed by atoms with Crippen LogP contribution < -0.4 is 15.0 Å². The summed E-state index contributed by atoms with van der Waals surface area (Å²) < 4.78 is 32.8. The third-order valence-electron chi connectivity index (χ3n) is 9.78. The molecule has 1 N–H and O–H groups in total. The summed E-state index contributed by atoms with van der Waals surface area (Å²) >= 11 is 0. The van der Waals surface area contributed by atoms with E-state index in [4.69, 9.17) is 14.2 Å². The zero-order valence-corrected chi connectivity index (χ0v) is 31.6. The summed E-state index contributed by atoms with van der Waals surface area (Å²) in [7, 11) is -1.23. The van der Waals surface area contributed by atoms with Gasteiger partial charge in [0.15, 0.2) is 0 Å². The average molecular weight is 725 g/mol. The molecular formula is C42H52N4O5S. The number of ether oxygens (including phenoxy) is 3. The Labute approximate surface area is 310 Å². The van der Waals surface area contributed by atoms with Crippen molar-refractivity contribution in [3.8, 4) is 16.9 Å². The number of nitrogens with one attached hydrogen (secondary N) is 1. The maximum atomic E-state index is 13.8. The van der Waals surface area contributed by atoms with Gasteiger partial charge in [0.2, 0.25) is 0 Å². The van der Waals surface area contributed by atoms with Crippen LogP contribution in [0, 0.1) is 6.92 Å². The van der Waals surface area contributed by atoms with Crippen LogP contribution in [0.5, 0.6) is 5.75 Å². The Morgan fingerprint density at radius 2 is 1.81 bits per heavy atom. The molecule has 0 aliphatic carbocycles. The Hall–Kier alpha value is -4.25. The second-order valence-corrected chi connectivity index (χ2v) is 14.9. The first-order valence-electron chi connectivity index (χ1n) is 18.7. The number of aromatic nitrogens is 2. The van der Waals surface area contributed by atoms with Gasteiger partial charge in [-0.25, -0.2) is 4.98 Å². The number of benzene rings is 3. The molecule has 276 valence electrons. The third kappa shape index (κ3) is 9.79. The van der Waals surface area contributed by atoms with Gasteiger partial charge in [0, 0.05) is 54.7 Å². The molecule has 6 rings (SSSR count). The summed E-state index contributed by atoms with van der Waals surface area (Å²) in [4.78, 5) is 21.3. The number of nitrogens with zero attached hydrogens (tertiary/aromatic N) is 3. The number of anilines is 2. The zero-order chi connectivity index (χ0) is 36.3. The highest BCUT2D eigenvalue weighted by Crippen LogP contribution is 2.34. The zero-order valence-electron chi connectivity index (χ0n) is 30.8. The highest BCUT2D eigenvalue weighted by atomic mass is 32.2. The second kappa shape index (κ2) is 18.5. The van der Waals surface area contributed by atoms with Gasteiger partial charge >= 0.3 is 0 Å². The van der Waals surface area contributed by atoms with E-state index in [1.165, 1.54) is 0 Å². The third-order valence-corrected chi connectivity index (χ3v) is 11.1. The van der Waals surface area contributed by atoms with Crippen LogP contribution in [-0.4, -0.2) is 65.3 Å². The maximum Gasteiger partial charge on any atom is 0.251 e. The van der Waals surface area contributed by atoms with Crippen molar-refractivity contribution in [1.29, 1.82) is 0 Å². The van der Waals surface area contributed by atoms with E-state index in [2.05, 4.69) is 65.5 Å². The number of rotatable bonds is 16. The van der Waals surface area contributed by atoms with Crippen LogP contribution in [-0.2, 0) is 37.4 Å². The molecule has 4 aromatic rings. The van der Waals surface area contributed by atoms with E-state index in [1.807, 2.05) is 47.9 Å². The van der Waals surface area contributed by atoms with Gasteiger partial charge < -0.3 is 29.0 Å². The van der Waals surface area contributed by atoms with Crippen molar-refractivity contribution in [2.75, 3.05) is 49.7 Å². The summed E-state index contributed by atoms with van der Waals surface area (Å²) in [5.74, 6) is 1.09. The van der Waals surface area contributed by atoms with Gasteiger partial charge in [0.05, 0.1) is 47.0 Å². The van der Waals surface area contributed by atoms with Crippen molar-refractivity contribution in [3.05, 3.63) is 95.6 Å². The number of carbonyl (C=O) groups excluding carboxylic acids is 1. The summed E-state index contributed by atoms with van der Waals surface area (Å²) in [6.45, 7) is 11.3. The molecule has 1 aromatic heterocycles. The van der Waals surface area contributed by atoms with Crippen molar-refractivity contribution in [3.63, 3.8) is 0 Å². The number of unbranched alkanes of at least 4 members (excludes halogenated alkanes) is 1. The number of imidazole rings is 1. The molecule has 52 heavy (non-hydrogen) atoms. The van der Waals surface area contributed by atoms with Crippen LogP contribution in [0.25, 0.3) is 17.2 Å². The van der Waals surface area contributed by atoms with Crippen LogP contribution in [0.3, 0.4) is 0 Å². The highest BCUT2D eigenvalue weighted by molar-refractivity contribution is 7.84. The average Bonchev–Trinajstić information content (AvgIpc) is 3.80. The summed E-state index contributed by atoms with van der Waals surface area (Å²) in [5.41, 5.74) is 7.56. The van der Waals surface area contributed by atoms with Crippen LogP contribution in [0.15, 0.2) is 83.5 Å². The van der Waals surface area contributed by atoms with E-state index in [-0.39, 0.29) is 12.0 Å². The van der Waals surface area contributed by atoms with Crippen molar-refractivity contribution in [2.45, 2.75) is 82.6 Å². The minimum absolute atomic E-state index is 0.125. The lowest BCUT2D eigenvalue weighted by atomic mass is 9.96. The van der Waals surface area contributed by atoms with E-state index in [9.17, 15) is 9.00 Å². The first-order chi connectivity index (χ1) is 25.4. The molecular weight excluding hydrogens is 673 g/mol. The number of hydrogen-bond acceptors (Lipinski definition) is 7. The fraction of sp³-hybridized carbons (Fsp3) is 0.429. The van der Waals surface area contributed by atoms with E-state index in [1.54, 1.807) is 6.33 Å². The van der Waals surface area contributed by atoms with E-state index < -0.39 is 10.8 Å². The Morgan fingerprint density at radius 1 is 1.00 bits per heavy atom. The molecule has 0 saturated carbocycles. The normalized spacial score (nSPS) is 17.5. The lowest BCUT2D eigenvalue weighted by Gasteiger charge is -2.31. The Bertz CT molecular complexity index is 1830. The molecule has 10 heteroatoms. The molecule has 9 nitrogen and oxygen atoms in total. The smallest absolute Gasteiger partial charge is 0.251 e. The molecule has 1 unspecified atom stereocenters. The molecule has 3 aromatic carbocycles. The largest absolute Gasteiger partial charge is 0.491 e. The van der Waals surface area contributed by atoms with Gasteiger partial charge in [-0.1, -0.05) is 31.5 Å². The number of carbonyl (C=O) groups is 1. The number of hydrogen-bond donors (Lipinski definition) is 1. The summed E-state index contributed by atoms with van der Waals surface area (Å²) in [6.07, 6.45) is 9.93. The fourth-order valence-corrected chi connectivity index (χ4v) is 8.00. The predicted molar refractivity (Wildman–Crippen MR) is 209 cm³/mol. The summed E-state index contributed by atoms with van der Waals surface area (Å²) in [6, 6.07) is 22.0. The topological polar surface area (TPSA) is 94.9 Å². The van der Waals surface area contributed by atoms with Crippen molar-refractivity contribution >= 4 is 34.2 Å². The standard InChI is InChI=1S/C42H52N4O5S/c1-4-6-22-49-24-25-51-37-16-11-32(12-17-37)33-13-20-40-35(26-33)27-34(9-7-21-46(40)28-38-10-8-23-50-38)42(47)44-36-14-18-39(19-15-36)52(48)29-41-31(3)43-30-45(41)5-2/h11-20,26-27,30,38H,4-10,21-25,28-29H2,1-3H3,(H,44,47)/b34-27+/t38?,52-/m1/s1. The molecule has 0 bridgehead atoms. The van der Waals surface area contributed by atoms with Crippen LogP contribution in [0.2, 0.25) is 0 Å². The minimum atomic E-state index is -1.23. The highest BCUT2D eigenvalue weighted by Gasteiger charge is 2.24. The molecule has 1 fully saturated rings. The molecule has 1 amide bonds. The molecule has 2 aliphatic rings. The maximum absolute atomic E-state index is 13.8. The molecule has 1 saturated heterocycles. The van der Waals surface area contributed by atoms with Crippen LogP contribution in [0.1, 0.15) is 69.3 Å². The number of fused-ring (bicyclic) bond motifs is 1. The quantitative estimate of drug-likeness (QED) is 0.117. The lowest BCUT2D eigenvalue weighted by molar-refractivity contribution is -0.112. The molecule has 0 spiro atoms. The van der Waals surface area contributed by atoms with Gasteiger partial charge in [-0.3, -0.25) is 9.00 Å². The van der Waals surface area contributed by atoms with Gasteiger partial charge in [-0.05, 0) is 117 Å². The van der Waals surface area contributed by atoms with Crippen molar-refractivity contribution in [1.82, 2.24) is 9.55 Å². The van der Waals surface area contributed by atoms with Crippen LogP contribution >= 0.6 is 0 Å². The Morgan fingerprint density at radius 3 is 2.56 bits per heavy atom. The summed E-state index contributed by atoms with van der Waals surface area (Å²) in [5, 5.41) is 3.11. The fourth-order valence-electron chi connectivity index (χ4n) is 6.77. The monoisotopic (exact) mass is 724 g/mol. The lowest BCUT2D eigenvalue weighted by Crippen LogP contribution is -2.34. The van der Waals surface area contributed by atoms with Gasteiger partial charge in [-0.15, -0.1) is 0 Å². The van der Waals surface area contributed by atoms with Gasteiger partial charge in [0.25, 0.3) is 5.91 Å². The molecule has 3 heterocycles. The van der Waals surface area contributed by atoms with Crippen molar-refractivity contribution in [2.24, 2.45) is 0 Å². The predicted octanol–water partition coefficient (Wildman–Crippen LogP) is 8.18. The second-order valence-electron chi connectivity index (χ2n) is 13.5. The Balaban J connectivity index is 1.18. The molecule has 0 radical (unpaired) electrons. The Kier molecular flexibility index (Phi) is 13.3. The van der Waals surface area contributed by atoms with E-state index in [0.717, 1.165) is 115 Å². The first kappa shape index (κ1) is 37.5. The number of aryl methyl sites for hydroxylation is 2. The van der Waals surface area contributed by atoms with E-state index in [0.29, 0.717) is 31.1 Å². The van der Waals surface area contributed by atoms with Crippen LogP contribution in [0.4, 0.5) is 11.4 Å². The van der Waals surface area contributed by atoms with E-state index >= 15 is 0 Å². The first-order valence-corrected chi connectivity index (χ1v) is 20.1. The van der Waals surface area contributed by atoms with Gasteiger partial charge in [-0.2, -0.15) is 0 Å². The van der Waals surface area contributed by atoms with Gasteiger partial charge in [0.1, 0.15) is 12.4 Å². The molecule has 2 aliphatic heterocycles. The molecule has 2 atom stereocenters. The SMILES string of the molecule is CCCCOCCOc1ccc(-c2ccc3c(c2)/C=C(/C(=O)Nc2ccc([S@](=O)Cc4c(C)ncn4CC)cc2)CCCN3CC2CCCO2)cc1. The minimum Gasteiger partial charge on any atom is -0.491 e. The number of amides is 1.